The Morgan fingerprint density at radius 3 is 2.07 bits per heavy atom. The molecule has 6 rings (SSSR count). The molecule has 0 aliphatic rings. The van der Waals surface area contributed by atoms with E-state index in [-0.39, 0.29) is 17.9 Å². The molecule has 0 radical (unpaired) electrons. The number of carboxylic acids is 1. The Morgan fingerprint density at radius 1 is 0.738 bits per heavy atom. The third-order valence-corrected chi connectivity index (χ3v) is 8.44. The molecule has 1 heterocycles. The summed E-state index contributed by atoms with van der Waals surface area (Å²) < 4.78 is 7.00. The molecule has 0 amide bonds. The summed E-state index contributed by atoms with van der Waals surface area (Å²) in [6.07, 6.45) is -0.146. The van der Waals surface area contributed by atoms with Crippen LogP contribution in [0.5, 0.6) is 17.2 Å². The molecule has 3 N–H and O–H groups in total. The van der Waals surface area contributed by atoms with E-state index in [0.717, 1.165) is 43.6 Å². The van der Waals surface area contributed by atoms with Crippen LogP contribution in [0.15, 0.2) is 121 Å². The summed E-state index contributed by atoms with van der Waals surface area (Å²) in [5, 5.41) is 31.0. The van der Waals surface area contributed by atoms with Gasteiger partial charge in [0.05, 0.1) is 0 Å². The maximum Gasteiger partial charge on any atom is 0.345 e. The molecule has 0 unspecified atom stereocenters. The summed E-state index contributed by atoms with van der Waals surface area (Å²) in [4.78, 5) is 13.0. The molecular weight excluding hydrogens is 544 g/mol. The van der Waals surface area contributed by atoms with Crippen molar-refractivity contribution < 1.29 is 24.9 Å². The predicted molar refractivity (Wildman–Crippen MR) is 167 cm³/mol. The monoisotopic (exact) mass is 572 g/mol. The number of carbonyl (C=O) groups is 1. The van der Waals surface area contributed by atoms with Gasteiger partial charge in [0.2, 0.25) is 0 Å². The first-order valence-corrected chi connectivity index (χ1v) is 14.4. The van der Waals surface area contributed by atoms with Crippen LogP contribution in [0.1, 0.15) is 16.0 Å². The van der Waals surface area contributed by atoms with E-state index in [0.29, 0.717) is 12.2 Å². The topological polar surface area (TPSA) is 87.0 Å². The van der Waals surface area contributed by atoms with E-state index in [2.05, 4.69) is 36.4 Å². The smallest absolute Gasteiger partial charge is 0.345 e. The van der Waals surface area contributed by atoms with Gasteiger partial charge in [0, 0.05) is 39.4 Å². The lowest BCUT2D eigenvalue weighted by molar-refractivity contribution is -0.145. The molecular formula is C36H28O5S. The summed E-state index contributed by atoms with van der Waals surface area (Å²) >= 11 is 1.71. The second-order valence-corrected chi connectivity index (χ2v) is 11.3. The third kappa shape index (κ3) is 5.85. The Bertz CT molecular complexity index is 1840. The highest BCUT2D eigenvalue weighted by Crippen LogP contribution is 2.41. The van der Waals surface area contributed by atoms with Crippen LogP contribution in [-0.2, 0) is 17.6 Å². The third-order valence-electron chi connectivity index (χ3n) is 7.27. The van der Waals surface area contributed by atoms with E-state index in [1.165, 1.54) is 10.8 Å². The highest BCUT2D eigenvalue weighted by atomic mass is 32.1. The van der Waals surface area contributed by atoms with E-state index >= 15 is 0 Å². The lowest BCUT2D eigenvalue weighted by Crippen LogP contribution is -2.29. The second kappa shape index (κ2) is 11.8. The molecule has 0 aliphatic carbocycles. The van der Waals surface area contributed by atoms with Crippen molar-refractivity contribution in [3.05, 3.63) is 137 Å². The molecule has 5 aromatic carbocycles. The predicted octanol–water partition coefficient (Wildman–Crippen LogP) is 8.31. The standard InChI is InChI=1S/C36H28O5S/c37-28-17-14-27(31(38)22-28)21-34-35(30-8-4-5-9-33(30)42-34)26-12-10-24(11-13-26)25-15-18-29(19-16-25)41-32(36(39)40)20-23-6-2-1-3-7-23/h1-19,22,32,37-38H,20-21H2,(H,39,40)/t32-/m1/s1. The molecule has 0 aliphatic heterocycles. The van der Waals surface area contributed by atoms with Crippen molar-refractivity contribution >= 4 is 27.4 Å². The SMILES string of the molecule is O=C(O)[C@@H](Cc1ccccc1)Oc1ccc(-c2ccc(-c3c(Cc4ccc(O)cc4O)sc4ccccc34)cc2)cc1. The van der Waals surface area contributed by atoms with Gasteiger partial charge in [0.15, 0.2) is 6.10 Å². The minimum Gasteiger partial charge on any atom is -0.508 e. The van der Waals surface area contributed by atoms with Crippen LogP contribution in [0.25, 0.3) is 32.3 Å². The van der Waals surface area contributed by atoms with Crippen molar-refractivity contribution in [1.29, 1.82) is 0 Å². The number of hydrogen-bond donors (Lipinski definition) is 3. The van der Waals surface area contributed by atoms with Gasteiger partial charge >= 0.3 is 5.97 Å². The molecule has 0 bridgehead atoms. The number of ether oxygens (including phenoxy) is 1. The Balaban J connectivity index is 1.24. The van der Waals surface area contributed by atoms with E-state index in [1.54, 1.807) is 35.6 Å². The largest absolute Gasteiger partial charge is 0.508 e. The van der Waals surface area contributed by atoms with Gasteiger partial charge in [-0.15, -0.1) is 11.3 Å². The van der Waals surface area contributed by atoms with Crippen molar-refractivity contribution in [2.75, 3.05) is 0 Å². The van der Waals surface area contributed by atoms with E-state index < -0.39 is 12.1 Å². The van der Waals surface area contributed by atoms with Crippen molar-refractivity contribution in [1.82, 2.24) is 0 Å². The minimum atomic E-state index is -1.00. The zero-order valence-corrected chi connectivity index (χ0v) is 23.4. The maximum absolute atomic E-state index is 11.8. The van der Waals surface area contributed by atoms with Crippen LogP contribution in [-0.4, -0.2) is 27.4 Å². The van der Waals surface area contributed by atoms with Gasteiger partial charge in [0.1, 0.15) is 17.2 Å². The Hall–Kier alpha value is -5.07. The number of carboxylic acid groups (broad SMARTS) is 1. The first kappa shape index (κ1) is 27.1. The van der Waals surface area contributed by atoms with Crippen LogP contribution in [0.3, 0.4) is 0 Å². The number of fused-ring (bicyclic) bond motifs is 1. The fourth-order valence-corrected chi connectivity index (χ4v) is 6.39. The first-order valence-electron chi connectivity index (χ1n) is 13.6. The number of aromatic hydroxyl groups is 2. The number of benzene rings is 5. The van der Waals surface area contributed by atoms with Crippen molar-refractivity contribution in [2.24, 2.45) is 0 Å². The van der Waals surface area contributed by atoms with Crippen LogP contribution < -0.4 is 4.74 Å². The lowest BCUT2D eigenvalue weighted by Gasteiger charge is -2.15. The fraction of sp³-hybridized carbons (Fsp3) is 0.0833. The number of phenols is 2. The molecule has 42 heavy (non-hydrogen) atoms. The molecule has 6 heteroatoms. The second-order valence-electron chi connectivity index (χ2n) is 10.1. The number of rotatable bonds is 9. The quantitative estimate of drug-likeness (QED) is 0.162. The van der Waals surface area contributed by atoms with Crippen LogP contribution >= 0.6 is 11.3 Å². The molecule has 0 saturated carbocycles. The number of phenolic OH excluding ortho intramolecular Hbond substituents is 2. The molecule has 1 aromatic heterocycles. The normalized spacial score (nSPS) is 11.8. The lowest BCUT2D eigenvalue weighted by atomic mass is 9.96. The van der Waals surface area contributed by atoms with E-state index in [9.17, 15) is 20.1 Å². The first-order chi connectivity index (χ1) is 20.4. The Morgan fingerprint density at radius 2 is 1.38 bits per heavy atom. The highest BCUT2D eigenvalue weighted by molar-refractivity contribution is 7.19. The van der Waals surface area contributed by atoms with Crippen LogP contribution in [0.2, 0.25) is 0 Å². The number of hydrogen-bond acceptors (Lipinski definition) is 5. The van der Waals surface area contributed by atoms with Gasteiger partial charge in [-0.05, 0) is 52.1 Å². The van der Waals surface area contributed by atoms with Crippen molar-refractivity contribution in [3.8, 4) is 39.5 Å². The van der Waals surface area contributed by atoms with Crippen LogP contribution in [0, 0.1) is 0 Å². The number of aliphatic carboxylic acids is 1. The summed E-state index contributed by atoms with van der Waals surface area (Å²) in [6, 6.07) is 38.3. The average Bonchev–Trinajstić information content (AvgIpc) is 3.37. The van der Waals surface area contributed by atoms with E-state index in [4.69, 9.17) is 4.74 Å². The molecule has 0 spiro atoms. The molecule has 208 valence electrons. The highest BCUT2D eigenvalue weighted by Gasteiger charge is 2.20. The van der Waals surface area contributed by atoms with Crippen LogP contribution in [0.4, 0.5) is 0 Å². The zero-order valence-electron chi connectivity index (χ0n) is 22.6. The summed E-state index contributed by atoms with van der Waals surface area (Å²) in [7, 11) is 0. The van der Waals surface area contributed by atoms with Gasteiger partial charge < -0.3 is 20.1 Å². The summed E-state index contributed by atoms with van der Waals surface area (Å²) in [5.74, 6) is -0.377. The molecule has 0 saturated heterocycles. The zero-order chi connectivity index (χ0) is 29.1. The van der Waals surface area contributed by atoms with Crippen molar-refractivity contribution in [3.63, 3.8) is 0 Å². The summed E-state index contributed by atoms with van der Waals surface area (Å²) in [5.41, 5.74) is 5.90. The maximum atomic E-state index is 11.8. The average molecular weight is 573 g/mol. The van der Waals surface area contributed by atoms with Gasteiger partial charge in [-0.3, -0.25) is 0 Å². The molecule has 1 atom stereocenters. The molecule has 0 fully saturated rings. The minimum absolute atomic E-state index is 0.0388. The van der Waals surface area contributed by atoms with E-state index in [1.807, 2.05) is 54.6 Å². The Labute approximate surface area is 247 Å². The number of thiophene rings is 1. The van der Waals surface area contributed by atoms with Gasteiger partial charge in [-0.25, -0.2) is 4.79 Å². The van der Waals surface area contributed by atoms with Crippen molar-refractivity contribution in [2.45, 2.75) is 18.9 Å². The van der Waals surface area contributed by atoms with Gasteiger partial charge in [-0.1, -0.05) is 91.0 Å². The van der Waals surface area contributed by atoms with Gasteiger partial charge in [0.25, 0.3) is 0 Å². The molecule has 6 aromatic rings. The fourth-order valence-electron chi connectivity index (χ4n) is 5.14. The summed E-state index contributed by atoms with van der Waals surface area (Å²) in [6.45, 7) is 0. The molecule has 5 nitrogen and oxygen atoms in total. The van der Waals surface area contributed by atoms with Gasteiger partial charge in [-0.2, -0.15) is 0 Å². The Kier molecular flexibility index (Phi) is 7.62.